The van der Waals surface area contributed by atoms with Crippen LogP contribution in [0.2, 0.25) is 5.02 Å². The van der Waals surface area contributed by atoms with Crippen molar-refractivity contribution in [3.63, 3.8) is 0 Å². The molecular formula is C22H22ClN3O3. The van der Waals surface area contributed by atoms with E-state index in [0.717, 1.165) is 6.42 Å². The zero-order valence-corrected chi connectivity index (χ0v) is 16.8. The Morgan fingerprint density at radius 3 is 2.24 bits per heavy atom. The van der Waals surface area contributed by atoms with Gasteiger partial charge in [-0.25, -0.2) is 4.98 Å². The lowest BCUT2D eigenvalue weighted by atomic mass is 9.88. The average Bonchev–Trinajstić information content (AvgIpc) is 3.19. The second kappa shape index (κ2) is 8.33. The van der Waals surface area contributed by atoms with Gasteiger partial charge in [-0.1, -0.05) is 11.6 Å². The number of aromatic nitrogens is 1. The molecule has 7 heteroatoms. The Kier molecular flexibility index (Phi) is 5.62. The lowest BCUT2D eigenvalue weighted by molar-refractivity contribution is -0.117. The molecule has 0 bridgehead atoms. The predicted molar refractivity (Wildman–Crippen MR) is 110 cm³/mol. The minimum Gasteiger partial charge on any atom is -0.339 e. The summed E-state index contributed by atoms with van der Waals surface area (Å²) in [6.07, 6.45) is 4.20. The highest BCUT2D eigenvalue weighted by Crippen LogP contribution is 2.24. The Hall–Kier alpha value is -2.73. The summed E-state index contributed by atoms with van der Waals surface area (Å²) in [6, 6.07) is 10.4. The minimum absolute atomic E-state index is 0.0732. The van der Waals surface area contributed by atoms with Gasteiger partial charge < -0.3 is 4.90 Å². The number of anilines is 1. The third-order valence-corrected chi connectivity index (χ3v) is 5.88. The lowest BCUT2D eigenvalue weighted by Crippen LogP contribution is -2.40. The molecule has 0 N–H and O–H groups in total. The van der Waals surface area contributed by atoms with Crippen LogP contribution in [-0.2, 0) is 4.79 Å². The first-order chi connectivity index (χ1) is 14.0. The van der Waals surface area contributed by atoms with Crippen LogP contribution >= 0.6 is 11.6 Å². The molecule has 2 saturated heterocycles. The van der Waals surface area contributed by atoms with E-state index < -0.39 is 0 Å². The van der Waals surface area contributed by atoms with E-state index in [-0.39, 0.29) is 23.5 Å². The van der Waals surface area contributed by atoms with Gasteiger partial charge in [0.15, 0.2) is 5.78 Å². The van der Waals surface area contributed by atoms with Gasteiger partial charge in [-0.15, -0.1) is 0 Å². The number of piperidine rings is 1. The Morgan fingerprint density at radius 2 is 1.66 bits per heavy atom. The first-order valence-electron chi connectivity index (χ1n) is 9.88. The van der Waals surface area contributed by atoms with Crippen molar-refractivity contribution in [3.05, 3.63) is 58.7 Å². The highest BCUT2D eigenvalue weighted by Gasteiger charge is 2.29. The SMILES string of the molecule is O=C(c1ccc(Cl)cc1)C1CCN(C(=O)c2ccc(N3CCCC3=O)nc2)CC1. The van der Waals surface area contributed by atoms with Crippen molar-refractivity contribution in [3.8, 4) is 0 Å². The molecule has 2 aliphatic heterocycles. The number of likely N-dealkylation sites (tertiary alicyclic amines) is 1. The number of amides is 2. The van der Waals surface area contributed by atoms with Crippen LogP contribution in [0.3, 0.4) is 0 Å². The molecule has 2 fully saturated rings. The zero-order chi connectivity index (χ0) is 20.4. The van der Waals surface area contributed by atoms with Gasteiger partial charge in [0, 0.05) is 48.8 Å². The molecule has 6 nitrogen and oxygen atoms in total. The van der Waals surface area contributed by atoms with Crippen molar-refractivity contribution in [1.82, 2.24) is 9.88 Å². The number of Topliss-reactive ketones (excluding diaryl/α,β-unsaturated/α-hetero) is 1. The molecular weight excluding hydrogens is 390 g/mol. The van der Waals surface area contributed by atoms with Gasteiger partial charge in [0.05, 0.1) is 5.56 Å². The molecule has 1 aromatic carbocycles. The molecule has 0 aliphatic carbocycles. The molecule has 3 heterocycles. The maximum Gasteiger partial charge on any atom is 0.255 e. The number of halogens is 1. The number of pyridine rings is 1. The Morgan fingerprint density at radius 1 is 0.966 bits per heavy atom. The number of hydrogen-bond acceptors (Lipinski definition) is 4. The number of benzene rings is 1. The molecule has 0 unspecified atom stereocenters. The molecule has 0 atom stereocenters. The van der Waals surface area contributed by atoms with Crippen LogP contribution in [0.5, 0.6) is 0 Å². The minimum atomic E-state index is -0.0887. The summed E-state index contributed by atoms with van der Waals surface area (Å²) in [5.41, 5.74) is 1.17. The van der Waals surface area contributed by atoms with Gasteiger partial charge >= 0.3 is 0 Å². The number of ketones is 1. The fraction of sp³-hybridized carbons (Fsp3) is 0.364. The third kappa shape index (κ3) is 4.17. The number of carbonyl (C=O) groups excluding carboxylic acids is 3. The third-order valence-electron chi connectivity index (χ3n) is 5.63. The number of hydrogen-bond donors (Lipinski definition) is 0. The smallest absolute Gasteiger partial charge is 0.255 e. The number of nitrogens with zero attached hydrogens (tertiary/aromatic N) is 3. The molecule has 4 rings (SSSR count). The van der Waals surface area contributed by atoms with Gasteiger partial charge in [-0.05, 0) is 55.7 Å². The average molecular weight is 412 g/mol. The van der Waals surface area contributed by atoms with E-state index in [1.54, 1.807) is 46.2 Å². The molecule has 150 valence electrons. The highest BCUT2D eigenvalue weighted by molar-refractivity contribution is 6.30. The molecule has 29 heavy (non-hydrogen) atoms. The van der Waals surface area contributed by atoms with Gasteiger partial charge in [0.25, 0.3) is 5.91 Å². The first-order valence-corrected chi connectivity index (χ1v) is 10.3. The van der Waals surface area contributed by atoms with Crippen LogP contribution in [0.25, 0.3) is 0 Å². The highest BCUT2D eigenvalue weighted by atomic mass is 35.5. The van der Waals surface area contributed by atoms with E-state index in [1.165, 1.54) is 6.20 Å². The van der Waals surface area contributed by atoms with Crippen molar-refractivity contribution in [1.29, 1.82) is 0 Å². The molecule has 0 spiro atoms. The summed E-state index contributed by atoms with van der Waals surface area (Å²) in [5.74, 6) is 0.603. The van der Waals surface area contributed by atoms with Crippen molar-refractivity contribution in [2.45, 2.75) is 25.7 Å². The van der Waals surface area contributed by atoms with E-state index in [9.17, 15) is 14.4 Å². The summed E-state index contributed by atoms with van der Waals surface area (Å²) in [4.78, 5) is 45.0. The first kappa shape index (κ1) is 19.6. The summed E-state index contributed by atoms with van der Waals surface area (Å²) in [6.45, 7) is 1.75. The van der Waals surface area contributed by atoms with Crippen LogP contribution in [0, 0.1) is 5.92 Å². The van der Waals surface area contributed by atoms with Crippen LogP contribution in [0.15, 0.2) is 42.6 Å². The maximum atomic E-state index is 12.8. The summed E-state index contributed by atoms with van der Waals surface area (Å²) >= 11 is 5.89. The molecule has 2 aromatic rings. The quantitative estimate of drug-likeness (QED) is 0.721. The molecule has 2 aliphatic rings. The van der Waals surface area contributed by atoms with Crippen molar-refractivity contribution in [2.75, 3.05) is 24.5 Å². The normalized spacial score (nSPS) is 17.6. The van der Waals surface area contributed by atoms with E-state index in [4.69, 9.17) is 11.6 Å². The number of rotatable bonds is 4. The monoisotopic (exact) mass is 411 g/mol. The van der Waals surface area contributed by atoms with Crippen molar-refractivity contribution >= 4 is 35.0 Å². The second-order valence-corrected chi connectivity index (χ2v) is 7.93. The van der Waals surface area contributed by atoms with Gasteiger partial charge in [-0.3, -0.25) is 19.3 Å². The standard InChI is InChI=1S/C22H22ClN3O3/c23-18-6-3-15(4-7-18)21(28)16-9-12-25(13-10-16)22(29)17-5-8-19(24-14-17)26-11-1-2-20(26)27/h3-8,14,16H,1-2,9-13H2. The fourth-order valence-electron chi connectivity index (χ4n) is 3.94. The van der Waals surface area contributed by atoms with Gasteiger partial charge in [-0.2, -0.15) is 0 Å². The van der Waals surface area contributed by atoms with E-state index in [2.05, 4.69) is 4.98 Å². The molecule has 2 amide bonds. The van der Waals surface area contributed by atoms with Gasteiger partial charge in [0.1, 0.15) is 5.82 Å². The Balaban J connectivity index is 1.35. The topological polar surface area (TPSA) is 70.6 Å². The van der Waals surface area contributed by atoms with Crippen molar-refractivity contribution < 1.29 is 14.4 Å². The zero-order valence-electron chi connectivity index (χ0n) is 16.0. The Labute approximate surface area is 174 Å². The second-order valence-electron chi connectivity index (χ2n) is 7.49. The van der Waals surface area contributed by atoms with Crippen LogP contribution < -0.4 is 4.90 Å². The predicted octanol–water partition coefficient (Wildman–Crippen LogP) is 3.60. The van der Waals surface area contributed by atoms with Crippen LogP contribution in [-0.4, -0.2) is 47.1 Å². The van der Waals surface area contributed by atoms with E-state index in [0.29, 0.717) is 60.9 Å². The largest absolute Gasteiger partial charge is 0.339 e. The van der Waals surface area contributed by atoms with Crippen LogP contribution in [0.4, 0.5) is 5.82 Å². The van der Waals surface area contributed by atoms with E-state index in [1.807, 2.05) is 0 Å². The Bertz CT molecular complexity index is 919. The summed E-state index contributed by atoms with van der Waals surface area (Å²) in [7, 11) is 0. The molecule has 0 radical (unpaired) electrons. The van der Waals surface area contributed by atoms with Crippen LogP contribution in [0.1, 0.15) is 46.4 Å². The summed E-state index contributed by atoms with van der Waals surface area (Å²) < 4.78 is 0. The fourth-order valence-corrected chi connectivity index (χ4v) is 4.07. The van der Waals surface area contributed by atoms with Crippen molar-refractivity contribution in [2.24, 2.45) is 5.92 Å². The van der Waals surface area contributed by atoms with E-state index >= 15 is 0 Å². The molecule has 1 aromatic heterocycles. The maximum absolute atomic E-state index is 12.8. The number of carbonyl (C=O) groups is 3. The lowest BCUT2D eigenvalue weighted by Gasteiger charge is -2.31. The molecule has 0 saturated carbocycles. The van der Waals surface area contributed by atoms with Gasteiger partial charge in [0.2, 0.25) is 5.91 Å². The summed E-state index contributed by atoms with van der Waals surface area (Å²) in [5, 5.41) is 0.607.